The fourth-order valence-corrected chi connectivity index (χ4v) is 1.82. The topological polar surface area (TPSA) is 57.5 Å². The quantitative estimate of drug-likeness (QED) is 0.717. The first-order chi connectivity index (χ1) is 6.73. The van der Waals surface area contributed by atoms with E-state index in [4.69, 9.17) is 5.11 Å². The van der Waals surface area contributed by atoms with Crippen molar-refractivity contribution in [1.29, 1.82) is 0 Å². The van der Waals surface area contributed by atoms with Gasteiger partial charge in [0.1, 0.15) is 0 Å². The molecule has 0 rings (SSSR count). The summed E-state index contributed by atoms with van der Waals surface area (Å²) in [6, 6.07) is 0. The molecule has 0 spiro atoms. The number of hydrogen-bond acceptors (Lipinski definition) is 2. The molecule has 0 bridgehead atoms. The summed E-state index contributed by atoms with van der Waals surface area (Å²) >= 11 is 0. The number of aliphatic carboxylic acids is 1. The van der Waals surface area contributed by atoms with Gasteiger partial charge in [-0.2, -0.15) is 0 Å². The smallest absolute Gasteiger partial charge is 0.303 e. The molecule has 0 aromatic rings. The summed E-state index contributed by atoms with van der Waals surface area (Å²) in [6.45, 7) is 8.05. The maximum absolute atomic E-state index is 10.5. The number of hydrogen-bond donors (Lipinski definition) is 2. The third kappa shape index (κ3) is 4.65. The summed E-state index contributed by atoms with van der Waals surface area (Å²) < 4.78 is 0. The third-order valence-corrected chi connectivity index (χ3v) is 3.04. The van der Waals surface area contributed by atoms with Gasteiger partial charge in [0.2, 0.25) is 0 Å². The molecule has 0 fully saturated rings. The fourth-order valence-electron chi connectivity index (χ4n) is 1.82. The summed E-state index contributed by atoms with van der Waals surface area (Å²) in [7, 11) is 0. The Morgan fingerprint density at radius 2 is 1.73 bits per heavy atom. The zero-order valence-electron chi connectivity index (χ0n) is 10.3. The molecule has 2 N–H and O–H groups in total. The summed E-state index contributed by atoms with van der Waals surface area (Å²) in [6.07, 6.45) is 2.90. The zero-order chi connectivity index (χ0) is 12.1. The lowest BCUT2D eigenvalue weighted by Crippen LogP contribution is -2.42. The highest BCUT2D eigenvalue weighted by atomic mass is 16.4. The van der Waals surface area contributed by atoms with Crippen molar-refractivity contribution in [2.75, 3.05) is 0 Å². The first-order valence-corrected chi connectivity index (χ1v) is 5.67. The van der Waals surface area contributed by atoms with Gasteiger partial charge in [0, 0.05) is 6.42 Å². The Morgan fingerprint density at radius 1 is 1.20 bits per heavy atom. The second-order valence-corrected chi connectivity index (χ2v) is 5.28. The summed E-state index contributed by atoms with van der Waals surface area (Å²) in [5, 5.41) is 19.0. The average molecular weight is 216 g/mol. The van der Waals surface area contributed by atoms with Crippen LogP contribution in [0.5, 0.6) is 0 Å². The van der Waals surface area contributed by atoms with E-state index in [2.05, 4.69) is 0 Å². The SMILES string of the molecule is CCCC(O)(CCCC(=O)O)C(C)(C)C. The van der Waals surface area contributed by atoms with E-state index in [9.17, 15) is 9.90 Å². The molecule has 15 heavy (non-hydrogen) atoms. The van der Waals surface area contributed by atoms with Crippen LogP contribution in [0.4, 0.5) is 0 Å². The zero-order valence-corrected chi connectivity index (χ0v) is 10.3. The van der Waals surface area contributed by atoms with Crippen LogP contribution in [0.2, 0.25) is 0 Å². The van der Waals surface area contributed by atoms with E-state index in [1.165, 1.54) is 0 Å². The Morgan fingerprint density at radius 3 is 2.07 bits per heavy atom. The van der Waals surface area contributed by atoms with Gasteiger partial charge in [-0.3, -0.25) is 4.79 Å². The van der Waals surface area contributed by atoms with Crippen LogP contribution < -0.4 is 0 Å². The van der Waals surface area contributed by atoms with Gasteiger partial charge in [-0.05, 0) is 24.7 Å². The maximum Gasteiger partial charge on any atom is 0.303 e. The molecule has 3 heteroatoms. The van der Waals surface area contributed by atoms with Gasteiger partial charge in [-0.15, -0.1) is 0 Å². The molecule has 0 radical (unpaired) electrons. The Labute approximate surface area is 92.5 Å². The van der Waals surface area contributed by atoms with Crippen molar-refractivity contribution in [1.82, 2.24) is 0 Å². The van der Waals surface area contributed by atoms with E-state index in [1.807, 2.05) is 27.7 Å². The highest BCUT2D eigenvalue weighted by molar-refractivity contribution is 5.66. The molecule has 1 atom stereocenters. The lowest BCUT2D eigenvalue weighted by atomic mass is 9.71. The van der Waals surface area contributed by atoms with Gasteiger partial charge in [0.25, 0.3) is 0 Å². The van der Waals surface area contributed by atoms with Crippen LogP contribution in [0.25, 0.3) is 0 Å². The van der Waals surface area contributed by atoms with Gasteiger partial charge in [-0.1, -0.05) is 34.1 Å². The normalized spacial score (nSPS) is 16.1. The van der Waals surface area contributed by atoms with Crippen LogP contribution in [-0.4, -0.2) is 21.8 Å². The minimum absolute atomic E-state index is 0.141. The molecule has 0 aromatic heterocycles. The molecule has 0 aliphatic heterocycles. The number of carboxylic acid groups (broad SMARTS) is 1. The van der Waals surface area contributed by atoms with Gasteiger partial charge >= 0.3 is 5.97 Å². The van der Waals surface area contributed by atoms with Crippen LogP contribution in [0.1, 0.15) is 59.8 Å². The number of carbonyl (C=O) groups is 1. The number of aliphatic hydroxyl groups is 1. The predicted octanol–water partition coefficient (Wildman–Crippen LogP) is 2.82. The second-order valence-electron chi connectivity index (χ2n) is 5.28. The molecule has 1 unspecified atom stereocenters. The third-order valence-electron chi connectivity index (χ3n) is 3.04. The molecule has 3 nitrogen and oxygen atoms in total. The largest absolute Gasteiger partial charge is 0.481 e. The van der Waals surface area contributed by atoms with Crippen molar-refractivity contribution in [2.24, 2.45) is 5.41 Å². The Balaban J connectivity index is 4.32. The molecule has 0 amide bonds. The van der Waals surface area contributed by atoms with Gasteiger partial charge in [0.05, 0.1) is 5.60 Å². The highest BCUT2D eigenvalue weighted by Gasteiger charge is 2.38. The van der Waals surface area contributed by atoms with Crippen LogP contribution in [0.3, 0.4) is 0 Å². The molecule has 0 aliphatic rings. The van der Waals surface area contributed by atoms with Gasteiger partial charge in [-0.25, -0.2) is 0 Å². The summed E-state index contributed by atoms with van der Waals surface area (Å²) in [5.41, 5.74) is -0.932. The first kappa shape index (κ1) is 14.4. The van der Waals surface area contributed by atoms with E-state index >= 15 is 0 Å². The lowest BCUT2D eigenvalue weighted by Gasteiger charge is -2.40. The second kappa shape index (κ2) is 5.50. The van der Waals surface area contributed by atoms with E-state index in [1.54, 1.807) is 0 Å². The molecule has 90 valence electrons. The molecule has 0 saturated heterocycles. The van der Waals surface area contributed by atoms with Crippen molar-refractivity contribution in [3.8, 4) is 0 Å². The summed E-state index contributed by atoms with van der Waals surface area (Å²) in [5.74, 6) is -0.789. The minimum Gasteiger partial charge on any atom is -0.481 e. The van der Waals surface area contributed by atoms with Crippen LogP contribution >= 0.6 is 0 Å². The minimum atomic E-state index is -0.789. The number of carboxylic acids is 1. The van der Waals surface area contributed by atoms with E-state index in [-0.39, 0.29) is 11.8 Å². The van der Waals surface area contributed by atoms with Crippen molar-refractivity contribution in [3.05, 3.63) is 0 Å². The van der Waals surface area contributed by atoms with Crippen LogP contribution in [0, 0.1) is 5.41 Å². The highest BCUT2D eigenvalue weighted by Crippen LogP contribution is 2.38. The van der Waals surface area contributed by atoms with Crippen molar-refractivity contribution < 1.29 is 15.0 Å². The van der Waals surface area contributed by atoms with Crippen molar-refractivity contribution in [3.63, 3.8) is 0 Å². The molecule has 0 heterocycles. The Hall–Kier alpha value is -0.570. The predicted molar refractivity (Wildman–Crippen MR) is 60.8 cm³/mol. The van der Waals surface area contributed by atoms with E-state index < -0.39 is 11.6 Å². The number of rotatable bonds is 6. The Bertz CT molecular complexity index is 205. The monoisotopic (exact) mass is 216 g/mol. The van der Waals surface area contributed by atoms with Crippen LogP contribution in [-0.2, 0) is 4.79 Å². The van der Waals surface area contributed by atoms with E-state index in [0.717, 1.165) is 12.8 Å². The van der Waals surface area contributed by atoms with Crippen LogP contribution in [0.15, 0.2) is 0 Å². The maximum atomic E-state index is 10.5. The summed E-state index contributed by atoms with van der Waals surface area (Å²) in [4.78, 5) is 10.4. The van der Waals surface area contributed by atoms with Crippen molar-refractivity contribution >= 4 is 5.97 Å². The van der Waals surface area contributed by atoms with E-state index in [0.29, 0.717) is 12.8 Å². The first-order valence-electron chi connectivity index (χ1n) is 5.67. The fraction of sp³-hybridized carbons (Fsp3) is 0.917. The lowest BCUT2D eigenvalue weighted by molar-refractivity contribution is -0.137. The molecular formula is C12H24O3. The molecule has 0 aliphatic carbocycles. The molecule has 0 saturated carbocycles. The van der Waals surface area contributed by atoms with Gasteiger partial charge in [0.15, 0.2) is 0 Å². The molecule has 0 aromatic carbocycles. The standard InChI is InChI=1S/C12H24O3/c1-5-8-12(15,11(2,3)4)9-6-7-10(13)14/h15H,5-9H2,1-4H3,(H,13,14). The molecular weight excluding hydrogens is 192 g/mol. The average Bonchev–Trinajstić information content (AvgIpc) is 2.01. The Kier molecular flexibility index (Phi) is 5.29. The van der Waals surface area contributed by atoms with Gasteiger partial charge < -0.3 is 10.2 Å². The van der Waals surface area contributed by atoms with Crippen molar-refractivity contribution in [2.45, 2.75) is 65.4 Å².